The van der Waals surface area contributed by atoms with Crippen LogP contribution in [0.15, 0.2) is 85.1 Å². The van der Waals surface area contributed by atoms with E-state index in [4.69, 9.17) is 13.8 Å². The molecule has 0 spiro atoms. The molecule has 1 amide bonds. The van der Waals surface area contributed by atoms with Gasteiger partial charge in [0.1, 0.15) is 19.3 Å². The van der Waals surface area contributed by atoms with Gasteiger partial charge >= 0.3 is 5.97 Å². The highest BCUT2D eigenvalue weighted by molar-refractivity contribution is 7.45. The molecule has 0 saturated heterocycles. The molecule has 0 fully saturated rings. The van der Waals surface area contributed by atoms with Gasteiger partial charge in [0.15, 0.2) is 0 Å². The lowest BCUT2D eigenvalue weighted by molar-refractivity contribution is -0.870. The molecule has 10 heteroatoms. The van der Waals surface area contributed by atoms with Gasteiger partial charge in [-0.2, -0.15) is 0 Å². The van der Waals surface area contributed by atoms with Crippen LogP contribution in [0.4, 0.5) is 0 Å². The van der Waals surface area contributed by atoms with E-state index in [-0.39, 0.29) is 24.9 Å². The molecule has 0 aliphatic rings. The van der Waals surface area contributed by atoms with E-state index in [0.717, 1.165) is 116 Å². The van der Waals surface area contributed by atoms with Crippen molar-refractivity contribution in [3.63, 3.8) is 0 Å². The molecule has 470 valence electrons. The first-order valence-corrected chi connectivity index (χ1v) is 35.4. The molecule has 0 heterocycles. The maximum atomic E-state index is 13.6. The van der Waals surface area contributed by atoms with Crippen LogP contribution in [-0.2, 0) is 27.9 Å². The summed E-state index contributed by atoms with van der Waals surface area (Å²) in [6, 6.07) is -0.897. The number of unbranched alkanes of at least 4 members (excludes halogenated alkanes) is 33. The Kier molecular flexibility index (Phi) is 58.2. The number of nitrogens with one attached hydrogen (secondary N) is 1. The maximum Gasteiger partial charge on any atom is 0.306 e. The van der Waals surface area contributed by atoms with Gasteiger partial charge in [0.25, 0.3) is 7.82 Å². The summed E-state index contributed by atoms with van der Waals surface area (Å²) in [5, 5.41) is 3.03. The van der Waals surface area contributed by atoms with E-state index in [1.165, 1.54) is 148 Å². The van der Waals surface area contributed by atoms with Gasteiger partial charge in [-0.1, -0.05) is 292 Å². The third kappa shape index (κ3) is 61.6. The minimum Gasteiger partial charge on any atom is -0.756 e. The fourth-order valence-electron chi connectivity index (χ4n) is 9.64. The SMILES string of the molecule is CC/C=C\C/C=C\C/C=C\C/C=C\C/C=C\C/C=C\CCCCCCCCC(=O)OC(/C=C/CCCCCCCCCCC)C(COP(=O)([O-])OCC[N+](C)(C)C)NC(=O)CCCCCCCCCCCCCCCCCCCCC. The third-order valence-electron chi connectivity index (χ3n) is 14.8. The van der Waals surface area contributed by atoms with Gasteiger partial charge in [0.05, 0.1) is 33.8 Å². The quantitative estimate of drug-likeness (QED) is 0.0212. The molecule has 0 aromatic heterocycles. The van der Waals surface area contributed by atoms with Crippen molar-refractivity contribution in [1.82, 2.24) is 5.32 Å². The first-order chi connectivity index (χ1) is 39.4. The van der Waals surface area contributed by atoms with Crippen LogP contribution < -0.4 is 10.2 Å². The van der Waals surface area contributed by atoms with E-state index in [0.29, 0.717) is 23.9 Å². The number of likely N-dealkylation sites (N-methyl/N-ethyl adjacent to an activating group) is 1. The first-order valence-electron chi connectivity index (χ1n) is 33.9. The summed E-state index contributed by atoms with van der Waals surface area (Å²) in [7, 11) is 1.18. The Labute approximate surface area is 501 Å². The van der Waals surface area contributed by atoms with Crippen LogP contribution in [0.3, 0.4) is 0 Å². The number of esters is 1. The largest absolute Gasteiger partial charge is 0.756 e. The number of carbonyl (C=O) groups is 2. The van der Waals surface area contributed by atoms with Crippen LogP contribution in [-0.4, -0.2) is 69.4 Å². The lowest BCUT2D eigenvalue weighted by Gasteiger charge is -2.30. The number of rotatable bonds is 61. The molecule has 81 heavy (non-hydrogen) atoms. The standard InChI is InChI=1S/C71H129N2O7P/c1-7-10-13-16-19-22-25-27-29-31-33-34-35-36-37-38-40-42-44-46-49-52-55-58-61-64-71(75)80-69(62-59-56-53-50-47-24-21-18-15-12-9-3)68(67-79-81(76,77)78-66-65-73(4,5)6)72-70(74)63-60-57-54-51-48-45-43-41-39-32-30-28-26-23-20-17-14-11-8-2/h10,13,19,22,27,29,33-34,36-37,40,42,59,62,68-69H,7-9,11-12,14-18,20-21,23-26,28,30-32,35,38-39,41,43-58,60-61,63-67H2,1-6H3,(H-,72,74,76,77)/b13-10-,22-19-,29-27-,34-33-,37-36-,42-40-,62-59+. The molecule has 0 aromatic rings. The van der Waals surface area contributed by atoms with Crippen LogP contribution in [0.25, 0.3) is 0 Å². The minimum absolute atomic E-state index is 0.0265. The molecule has 0 aliphatic carbocycles. The lowest BCUT2D eigenvalue weighted by Crippen LogP contribution is -2.47. The minimum atomic E-state index is -4.71. The van der Waals surface area contributed by atoms with Crippen molar-refractivity contribution in [2.45, 2.75) is 315 Å². The van der Waals surface area contributed by atoms with Crippen LogP contribution in [0, 0.1) is 0 Å². The van der Waals surface area contributed by atoms with Gasteiger partial charge in [0, 0.05) is 12.8 Å². The molecule has 0 rings (SSSR count). The third-order valence-corrected chi connectivity index (χ3v) is 15.8. The van der Waals surface area contributed by atoms with Gasteiger partial charge in [0.2, 0.25) is 5.91 Å². The highest BCUT2D eigenvalue weighted by Crippen LogP contribution is 2.38. The number of amides is 1. The molecular formula is C71H129N2O7P. The van der Waals surface area contributed by atoms with E-state index >= 15 is 0 Å². The summed E-state index contributed by atoms with van der Waals surface area (Å²) in [6.45, 7) is 6.74. The molecule has 9 nitrogen and oxygen atoms in total. The predicted octanol–water partition coefficient (Wildman–Crippen LogP) is 20.7. The topological polar surface area (TPSA) is 114 Å². The van der Waals surface area contributed by atoms with Gasteiger partial charge < -0.3 is 28.5 Å². The van der Waals surface area contributed by atoms with Crippen molar-refractivity contribution in [3.05, 3.63) is 85.1 Å². The van der Waals surface area contributed by atoms with Crippen molar-refractivity contribution in [3.8, 4) is 0 Å². The molecule has 0 aromatic carbocycles. The van der Waals surface area contributed by atoms with E-state index < -0.39 is 26.6 Å². The Hall–Kier alpha value is -2.81. The highest BCUT2D eigenvalue weighted by atomic mass is 31.2. The normalized spacial score (nSPS) is 14.1. The number of phosphoric ester groups is 1. The van der Waals surface area contributed by atoms with E-state index in [2.05, 4.69) is 99.0 Å². The number of quaternary nitrogens is 1. The van der Waals surface area contributed by atoms with Crippen molar-refractivity contribution in [1.29, 1.82) is 0 Å². The Morgan fingerprint density at radius 2 is 0.790 bits per heavy atom. The zero-order valence-electron chi connectivity index (χ0n) is 53.7. The monoisotopic (exact) mass is 1150 g/mol. The van der Waals surface area contributed by atoms with E-state index in [1.54, 1.807) is 0 Å². The van der Waals surface area contributed by atoms with Gasteiger partial charge in [-0.25, -0.2) is 0 Å². The second-order valence-electron chi connectivity index (χ2n) is 24.0. The molecule has 0 bridgehead atoms. The Morgan fingerprint density at radius 1 is 0.444 bits per heavy atom. The number of carbonyl (C=O) groups excluding carboxylic acids is 2. The van der Waals surface area contributed by atoms with E-state index in [1.807, 2.05) is 33.3 Å². The smallest absolute Gasteiger partial charge is 0.306 e. The summed E-state index contributed by atoms with van der Waals surface area (Å²) in [4.78, 5) is 40.1. The zero-order valence-corrected chi connectivity index (χ0v) is 54.6. The van der Waals surface area contributed by atoms with Crippen LogP contribution >= 0.6 is 7.82 Å². The summed E-state index contributed by atoms with van der Waals surface area (Å²) < 4.78 is 30.4. The summed E-state index contributed by atoms with van der Waals surface area (Å²) >= 11 is 0. The molecule has 3 atom stereocenters. The number of ether oxygens (including phenoxy) is 1. The zero-order chi connectivity index (χ0) is 59.3. The van der Waals surface area contributed by atoms with Gasteiger partial charge in [-0.05, 0) is 83.1 Å². The number of nitrogens with zero attached hydrogens (tertiary/aromatic N) is 1. The molecule has 3 unspecified atom stereocenters. The fourth-order valence-corrected chi connectivity index (χ4v) is 10.4. The van der Waals surface area contributed by atoms with Crippen LogP contribution in [0.5, 0.6) is 0 Å². The number of hydrogen-bond acceptors (Lipinski definition) is 7. The molecular weight excluding hydrogens is 1020 g/mol. The summed E-state index contributed by atoms with van der Waals surface area (Å²) in [6.07, 6.45) is 79.8. The van der Waals surface area contributed by atoms with Crippen LogP contribution in [0.1, 0.15) is 303 Å². The highest BCUT2D eigenvalue weighted by Gasteiger charge is 2.27. The lowest BCUT2D eigenvalue weighted by atomic mass is 10.0. The van der Waals surface area contributed by atoms with Crippen LogP contribution in [0.2, 0.25) is 0 Å². The number of allylic oxidation sites excluding steroid dienone is 13. The molecule has 0 aliphatic heterocycles. The Morgan fingerprint density at radius 3 is 1.19 bits per heavy atom. The van der Waals surface area contributed by atoms with Gasteiger partial charge in [-0.15, -0.1) is 0 Å². The maximum absolute atomic E-state index is 13.6. The van der Waals surface area contributed by atoms with E-state index in [9.17, 15) is 19.0 Å². The second-order valence-corrected chi connectivity index (χ2v) is 25.4. The number of hydrogen-bond donors (Lipinski definition) is 1. The second kappa shape index (κ2) is 60.3. The fraction of sp³-hybridized carbons (Fsp3) is 0.775. The van der Waals surface area contributed by atoms with Crippen molar-refractivity contribution in [2.24, 2.45) is 0 Å². The van der Waals surface area contributed by atoms with Crippen molar-refractivity contribution in [2.75, 3.05) is 40.9 Å². The average Bonchev–Trinajstić information content (AvgIpc) is 3.43. The summed E-state index contributed by atoms with van der Waals surface area (Å²) in [5.41, 5.74) is 0. The summed E-state index contributed by atoms with van der Waals surface area (Å²) in [5.74, 6) is -0.551. The number of phosphoric acid groups is 1. The molecule has 0 radical (unpaired) electrons. The Balaban J connectivity index is 5.12. The Bertz CT molecular complexity index is 1660. The van der Waals surface area contributed by atoms with Crippen molar-refractivity contribution < 1.29 is 37.3 Å². The average molecular weight is 1150 g/mol. The van der Waals surface area contributed by atoms with Crippen molar-refractivity contribution >= 4 is 19.7 Å². The first kappa shape index (κ1) is 78.2. The molecule has 1 N–H and O–H groups in total. The molecule has 0 saturated carbocycles. The van der Waals surface area contributed by atoms with Gasteiger partial charge in [-0.3, -0.25) is 14.2 Å². The predicted molar refractivity (Wildman–Crippen MR) is 348 cm³/mol.